The molecule has 184 valence electrons. The van der Waals surface area contributed by atoms with Crippen LogP contribution in [0.4, 0.5) is 0 Å². The molecule has 1 aromatic heterocycles. The Morgan fingerprint density at radius 1 is 1.06 bits per heavy atom. The number of methoxy groups -OCH3 is 2. The maximum absolute atomic E-state index is 10.6. The molecule has 0 spiro atoms. The van der Waals surface area contributed by atoms with E-state index in [1.54, 1.807) is 26.0 Å². The quantitative estimate of drug-likeness (QED) is 0.226. The molecule has 34 heavy (non-hydrogen) atoms. The summed E-state index contributed by atoms with van der Waals surface area (Å²) in [6.45, 7) is 5.53. The second-order valence-electron chi connectivity index (χ2n) is 7.91. The first-order chi connectivity index (χ1) is 16.5. The summed E-state index contributed by atoms with van der Waals surface area (Å²) < 4.78 is 12.1. The highest BCUT2D eigenvalue weighted by molar-refractivity contribution is 7.98. The molecule has 0 amide bonds. The number of thioether (sulfide) groups is 1. The first-order valence-corrected chi connectivity index (χ1v) is 12.4. The van der Waals surface area contributed by atoms with Gasteiger partial charge in [0.25, 0.3) is 0 Å². The highest BCUT2D eigenvalue weighted by atomic mass is 32.2. The van der Waals surface area contributed by atoms with Crippen molar-refractivity contribution in [3.8, 4) is 11.4 Å². The highest BCUT2D eigenvalue weighted by Crippen LogP contribution is 2.28. The van der Waals surface area contributed by atoms with E-state index in [1.165, 1.54) is 16.7 Å². The minimum absolute atomic E-state index is 0.585. The molecule has 0 atom stereocenters. The Balaban J connectivity index is 0.000000739. The molecule has 0 aliphatic heterocycles. The van der Waals surface area contributed by atoms with Gasteiger partial charge in [-0.25, -0.2) is 0 Å². The maximum Gasteiger partial charge on any atom is 0.196 e. The lowest BCUT2D eigenvalue weighted by molar-refractivity contribution is -0.107. The van der Waals surface area contributed by atoms with Crippen molar-refractivity contribution in [2.45, 2.75) is 50.4 Å². The van der Waals surface area contributed by atoms with Crippen molar-refractivity contribution in [3.05, 3.63) is 65.0 Å². The van der Waals surface area contributed by atoms with Crippen molar-refractivity contribution in [2.24, 2.45) is 5.73 Å². The van der Waals surface area contributed by atoms with Crippen LogP contribution in [0.5, 0.6) is 5.75 Å². The summed E-state index contributed by atoms with van der Waals surface area (Å²) >= 11 is 1.68. The SMILES string of the molecule is COCCN.COc1cccc(-n2c(CCCCC=O)nnc2SCc2cc(C)cc(C)c2)c1. The summed E-state index contributed by atoms with van der Waals surface area (Å²) in [4.78, 5) is 10.6. The number of benzene rings is 2. The Labute approximate surface area is 207 Å². The summed E-state index contributed by atoms with van der Waals surface area (Å²) in [5.41, 5.74) is 9.82. The third kappa shape index (κ3) is 8.93. The first-order valence-electron chi connectivity index (χ1n) is 11.4. The number of ether oxygens (including phenoxy) is 2. The topological polar surface area (TPSA) is 92.3 Å². The lowest BCUT2D eigenvalue weighted by Crippen LogP contribution is -2.05. The Bertz CT molecular complexity index is 1000. The average Bonchev–Trinajstić information content (AvgIpc) is 3.23. The van der Waals surface area contributed by atoms with E-state index in [4.69, 9.17) is 10.5 Å². The molecular weight excluding hydrogens is 448 g/mol. The van der Waals surface area contributed by atoms with Crippen LogP contribution in [-0.2, 0) is 21.7 Å². The molecule has 0 aliphatic rings. The molecule has 3 aromatic rings. The fraction of sp³-hybridized carbons (Fsp3) is 0.423. The molecule has 1 heterocycles. The largest absolute Gasteiger partial charge is 0.497 e. The maximum atomic E-state index is 10.6. The van der Waals surface area contributed by atoms with Crippen molar-refractivity contribution >= 4 is 18.0 Å². The molecule has 0 bridgehead atoms. The van der Waals surface area contributed by atoms with Gasteiger partial charge < -0.3 is 20.0 Å². The molecule has 0 aliphatic carbocycles. The zero-order valence-corrected chi connectivity index (χ0v) is 21.4. The van der Waals surface area contributed by atoms with E-state index in [-0.39, 0.29) is 0 Å². The highest BCUT2D eigenvalue weighted by Gasteiger charge is 2.15. The Kier molecular flexibility index (Phi) is 12.4. The van der Waals surface area contributed by atoms with Gasteiger partial charge in [-0.05, 0) is 44.4 Å². The van der Waals surface area contributed by atoms with Crippen LogP contribution in [0.15, 0.2) is 47.6 Å². The van der Waals surface area contributed by atoms with Crippen LogP contribution in [-0.4, -0.2) is 48.4 Å². The van der Waals surface area contributed by atoms with Gasteiger partial charge in [0.05, 0.1) is 19.4 Å². The minimum Gasteiger partial charge on any atom is -0.497 e. The van der Waals surface area contributed by atoms with Crippen LogP contribution in [0.3, 0.4) is 0 Å². The molecule has 2 N–H and O–H groups in total. The normalized spacial score (nSPS) is 10.5. The van der Waals surface area contributed by atoms with Crippen LogP contribution >= 0.6 is 11.8 Å². The second kappa shape index (κ2) is 15.3. The van der Waals surface area contributed by atoms with Crippen molar-refractivity contribution in [1.29, 1.82) is 0 Å². The van der Waals surface area contributed by atoms with Crippen LogP contribution in [0.1, 0.15) is 41.8 Å². The van der Waals surface area contributed by atoms with Crippen molar-refractivity contribution in [1.82, 2.24) is 14.8 Å². The van der Waals surface area contributed by atoms with Crippen LogP contribution in [0, 0.1) is 13.8 Å². The summed E-state index contributed by atoms with van der Waals surface area (Å²) in [6, 6.07) is 14.6. The first kappa shape index (κ1) is 27.6. The lowest BCUT2D eigenvalue weighted by atomic mass is 10.1. The van der Waals surface area contributed by atoms with E-state index in [2.05, 4.69) is 51.5 Å². The van der Waals surface area contributed by atoms with Crippen molar-refractivity contribution in [2.75, 3.05) is 27.4 Å². The number of rotatable bonds is 12. The summed E-state index contributed by atoms with van der Waals surface area (Å²) in [5, 5.41) is 9.79. The molecule has 3 rings (SSSR count). The van der Waals surface area contributed by atoms with Gasteiger partial charge in [0.2, 0.25) is 0 Å². The third-order valence-corrected chi connectivity index (χ3v) is 5.96. The molecule has 2 aromatic carbocycles. The zero-order chi connectivity index (χ0) is 24.8. The summed E-state index contributed by atoms with van der Waals surface area (Å²) in [7, 11) is 3.30. The van der Waals surface area contributed by atoms with Gasteiger partial charge in [-0.1, -0.05) is 47.2 Å². The van der Waals surface area contributed by atoms with Gasteiger partial charge in [-0.2, -0.15) is 0 Å². The Hall–Kier alpha value is -2.68. The van der Waals surface area contributed by atoms with Gasteiger partial charge in [0.15, 0.2) is 5.16 Å². The Morgan fingerprint density at radius 2 is 1.82 bits per heavy atom. The molecule has 7 nitrogen and oxygen atoms in total. The van der Waals surface area contributed by atoms with Crippen molar-refractivity contribution < 1.29 is 14.3 Å². The van der Waals surface area contributed by atoms with E-state index >= 15 is 0 Å². The molecular formula is C26H36N4O3S. The number of hydrogen-bond donors (Lipinski definition) is 1. The lowest BCUT2D eigenvalue weighted by Gasteiger charge is -2.12. The fourth-order valence-corrected chi connectivity index (χ4v) is 4.39. The van der Waals surface area contributed by atoms with Crippen LogP contribution in [0.2, 0.25) is 0 Å². The number of aldehydes is 1. The zero-order valence-electron chi connectivity index (χ0n) is 20.6. The van der Waals surface area contributed by atoms with Gasteiger partial charge in [-0.3, -0.25) is 4.57 Å². The molecule has 0 unspecified atom stereocenters. The average molecular weight is 485 g/mol. The third-order valence-electron chi connectivity index (χ3n) is 4.96. The number of hydrogen-bond acceptors (Lipinski definition) is 7. The van der Waals surface area contributed by atoms with Gasteiger partial charge in [0, 0.05) is 38.3 Å². The standard InChI is InChI=1S/C23H27N3O2S.C3H9NO/c1-17-12-18(2)14-19(13-17)16-29-23-25-24-22(10-5-4-6-11-27)26(23)20-8-7-9-21(15-20)28-3;1-5-3-2-4/h7-9,11-15H,4-6,10,16H2,1-3H3;2-4H2,1H3. The van der Waals surface area contributed by atoms with Gasteiger partial charge >= 0.3 is 0 Å². The predicted octanol–water partition coefficient (Wildman–Crippen LogP) is 4.69. The minimum atomic E-state index is 0.585. The van der Waals surface area contributed by atoms with Crippen LogP contribution in [0.25, 0.3) is 5.69 Å². The number of unbranched alkanes of at least 4 members (excludes halogenated alkanes) is 2. The number of aryl methyl sites for hydroxylation is 3. The van der Waals surface area contributed by atoms with E-state index in [0.29, 0.717) is 19.6 Å². The number of carbonyl (C=O) groups is 1. The molecule has 0 fully saturated rings. The smallest absolute Gasteiger partial charge is 0.196 e. The van der Waals surface area contributed by atoms with Gasteiger partial charge in [0.1, 0.15) is 17.9 Å². The van der Waals surface area contributed by atoms with E-state index < -0.39 is 0 Å². The number of carbonyl (C=O) groups excluding carboxylic acids is 1. The Morgan fingerprint density at radius 3 is 2.44 bits per heavy atom. The molecule has 0 saturated heterocycles. The second-order valence-corrected chi connectivity index (χ2v) is 8.86. The number of nitrogens with two attached hydrogens (primary N) is 1. The fourth-order valence-electron chi connectivity index (χ4n) is 3.49. The van der Waals surface area contributed by atoms with E-state index in [1.807, 2.05) is 24.3 Å². The summed E-state index contributed by atoms with van der Waals surface area (Å²) in [5.74, 6) is 2.54. The summed E-state index contributed by atoms with van der Waals surface area (Å²) in [6.07, 6.45) is 4.10. The number of aromatic nitrogens is 3. The van der Waals surface area contributed by atoms with Crippen LogP contribution < -0.4 is 10.5 Å². The molecule has 8 heteroatoms. The van der Waals surface area contributed by atoms with Crippen molar-refractivity contribution in [3.63, 3.8) is 0 Å². The molecule has 0 saturated carbocycles. The van der Waals surface area contributed by atoms with Gasteiger partial charge in [-0.15, -0.1) is 10.2 Å². The predicted molar refractivity (Wildman–Crippen MR) is 138 cm³/mol. The van der Waals surface area contributed by atoms with E-state index in [0.717, 1.165) is 53.7 Å². The monoisotopic (exact) mass is 484 g/mol. The number of nitrogens with zero attached hydrogens (tertiary/aromatic N) is 3. The molecule has 0 radical (unpaired) electrons. The van der Waals surface area contributed by atoms with E-state index in [9.17, 15) is 4.79 Å².